The first-order valence-electron chi connectivity index (χ1n) is 10.6. The average molecular weight is 490 g/mol. The molecule has 9 heteroatoms. The second-order valence-electron chi connectivity index (χ2n) is 7.86. The second kappa shape index (κ2) is 8.60. The fraction of sp³-hybridized carbons (Fsp3) is 0.0800. The van der Waals surface area contributed by atoms with Gasteiger partial charge in [-0.25, -0.2) is 18.1 Å². The number of sulfonamides is 1. The molecule has 0 spiro atoms. The maximum atomic E-state index is 12.0. The Morgan fingerprint density at radius 3 is 2.62 bits per heavy atom. The van der Waals surface area contributed by atoms with Crippen LogP contribution in [0.15, 0.2) is 83.6 Å². The number of hydrogen-bond acceptors (Lipinski definition) is 6. The molecule has 0 radical (unpaired) electrons. The Balaban J connectivity index is 1.58. The lowest BCUT2D eigenvalue weighted by Gasteiger charge is -2.11. The Labute approximate surface area is 201 Å². The van der Waals surface area contributed by atoms with Crippen molar-refractivity contribution in [2.24, 2.45) is 5.73 Å². The summed E-state index contributed by atoms with van der Waals surface area (Å²) < 4.78 is 29.8. The van der Waals surface area contributed by atoms with E-state index in [2.05, 4.69) is 38.7 Å². The molecule has 0 aliphatic carbocycles. The van der Waals surface area contributed by atoms with Crippen molar-refractivity contribution in [1.29, 1.82) is 0 Å². The molecule has 0 amide bonds. The quantitative estimate of drug-likeness (QED) is 0.302. The maximum absolute atomic E-state index is 12.0. The van der Waals surface area contributed by atoms with Crippen LogP contribution in [-0.4, -0.2) is 25.0 Å². The van der Waals surface area contributed by atoms with E-state index in [4.69, 9.17) is 10.7 Å². The number of nitrogens with one attached hydrogen (secondary N) is 2. The van der Waals surface area contributed by atoms with E-state index in [9.17, 15) is 8.42 Å². The van der Waals surface area contributed by atoms with Crippen molar-refractivity contribution in [2.75, 3.05) is 12.4 Å². The largest absolute Gasteiger partial charge is 0.399 e. The third-order valence-corrected chi connectivity index (χ3v) is 8.14. The van der Waals surface area contributed by atoms with E-state index in [0.29, 0.717) is 18.2 Å². The third-order valence-electron chi connectivity index (χ3n) is 5.70. The molecule has 7 nitrogen and oxygen atoms in total. The molecular weight excluding hydrogens is 466 g/mol. The van der Waals surface area contributed by atoms with E-state index >= 15 is 0 Å². The van der Waals surface area contributed by atoms with Gasteiger partial charge in [-0.05, 0) is 71.4 Å². The van der Waals surface area contributed by atoms with Gasteiger partial charge in [0.25, 0.3) is 0 Å². The first-order chi connectivity index (χ1) is 16.4. The number of rotatable bonds is 7. The predicted molar refractivity (Wildman–Crippen MR) is 140 cm³/mol. The molecule has 0 unspecified atom stereocenters. The molecule has 34 heavy (non-hydrogen) atoms. The zero-order chi connectivity index (χ0) is 23.9. The molecule has 5 rings (SSSR count). The standard InChI is InChI=1S/C25H23N5O2S2/c1-16(26)17-7-12-23-22(13-17)29-25(28-19-8-10-20(11-9-19)34(31,32)27-2)30(23)14-18-15-33-24-6-4-3-5-21(18)24/h3-13,15,27H,1,14,26H2,2H3,(H,28,29). The molecule has 0 fully saturated rings. The average Bonchev–Trinajstić information content (AvgIpc) is 3.40. The first-order valence-corrected chi connectivity index (χ1v) is 12.9. The van der Waals surface area contributed by atoms with Crippen molar-refractivity contribution in [1.82, 2.24) is 14.3 Å². The van der Waals surface area contributed by atoms with Crippen LogP contribution in [0.4, 0.5) is 11.6 Å². The van der Waals surface area contributed by atoms with Gasteiger partial charge in [-0.1, -0.05) is 30.8 Å². The summed E-state index contributed by atoms with van der Waals surface area (Å²) in [6, 6.07) is 20.8. The van der Waals surface area contributed by atoms with Crippen molar-refractivity contribution in [3.8, 4) is 0 Å². The van der Waals surface area contributed by atoms with Crippen molar-refractivity contribution in [2.45, 2.75) is 11.4 Å². The minimum Gasteiger partial charge on any atom is -0.399 e. The summed E-state index contributed by atoms with van der Waals surface area (Å²) in [6.07, 6.45) is 0. The van der Waals surface area contributed by atoms with Gasteiger partial charge in [0.05, 0.1) is 22.5 Å². The van der Waals surface area contributed by atoms with Gasteiger partial charge in [-0.15, -0.1) is 11.3 Å². The number of fused-ring (bicyclic) bond motifs is 2. The van der Waals surface area contributed by atoms with Gasteiger partial charge in [0.2, 0.25) is 16.0 Å². The summed E-state index contributed by atoms with van der Waals surface area (Å²) in [6.45, 7) is 4.46. The summed E-state index contributed by atoms with van der Waals surface area (Å²) in [4.78, 5) is 5.03. The van der Waals surface area contributed by atoms with Crippen molar-refractivity contribution in [3.63, 3.8) is 0 Å². The molecule has 0 aliphatic heterocycles. The van der Waals surface area contributed by atoms with E-state index < -0.39 is 10.0 Å². The summed E-state index contributed by atoms with van der Waals surface area (Å²) in [7, 11) is -2.11. The molecule has 4 N–H and O–H groups in total. The first kappa shape index (κ1) is 22.1. The fourth-order valence-corrected chi connectivity index (χ4v) is 5.56. The number of aromatic nitrogens is 2. The van der Waals surface area contributed by atoms with Gasteiger partial charge in [0.1, 0.15) is 0 Å². The van der Waals surface area contributed by atoms with Crippen LogP contribution in [-0.2, 0) is 16.6 Å². The van der Waals surface area contributed by atoms with Crippen molar-refractivity contribution >= 4 is 59.8 Å². The van der Waals surface area contributed by atoms with Gasteiger partial charge in [-0.3, -0.25) is 0 Å². The topological polar surface area (TPSA) is 102 Å². The minimum absolute atomic E-state index is 0.199. The highest BCUT2D eigenvalue weighted by molar-refractivity contribution is 7.89. The molecule has 3 aromatic carbocycles. The third kappa shape index (κ3) is 4.05. The zero-order valence-corrected chi connectivity index (χ0v) is 20.1. The van der Waals surface area contributed by atoms with Crippen LogP contribution in [0.5, 0.6) is 0 Å². The number of hydrogen-bond donors (Lipinski definition) is 3. The summed E-state index contributed by atoms with van der Waals surface area (Å²) in [5.41, 5.74) is 10.9. The van der Waals surface area contributed by atoms with Gasteiger partial charge in [-0.2, -0.15) is 0 Å². The van der Waals surface area contributed by atoms with E-state index in [0.717, 1.165) is 22.3 Å². The SMILES string of the molecule is C=C(N)c1ccc2c(c1)nc(Nc1ccc(S(=O)(=O)NC)cc1)n2Cc1csc2ccccc12. The van der Waals surface area contributed by atoms with Crippen molar-refractivity contribution in [3.05, 3.63) is 89.8 Å². The highest BCUT2D eigenvalue weighted by Crippen LogP contribution is 2.31. The van der Waals surface area contributed by atoms with Crippen LogP contribution in [0.1, 0.15) is 11.1 Å². The number of nitrogens with zero attached hydrogens (tertiary/aromatic N) is 2. The van der Waals surface area contributed by atoms with Crippen LogP contribution in [0.2, 0.25) is 0 Å². The van der Waals surface area contributed by atoms with Crippen LogP contribution < -0.4 is 15.8 Å². The molecule has 0 atom stereocenters. The Morgan fingerprint density at radius 1 is 1.12 bits per heavy atom. The smallest absolute Gasteiger partial charge is 0.240 e. The summed E-state index contributed by atoms with van der Waals surface area (Å²) in [5, 5.41) is 6.75. The predicted octanol–water partition coefficient (Wildman–Crippen LogP) is 4.88. The maximum Gasteiger partial charge on any atom is 0.240 e. The molecule has 0 bridgehead atoms. The number of nitrogens with two attached hydrogens (primary N) is 1. The molecule has 172 valence electrons. The minimum atomic E-state index is -3.50. The molecule has 2 aromatic heterocycles. The van der Waals surface area contributed by atoms with Gasteiger partial charge >= 0.3 is 0 Å². The molecule has 2 heterocycles. The Hall–Kier alpha value is -3.66. The number of imidazole rings is 1. The fourth-order valence-electron chi connectivity index (χ4n) is 3.87. The van der Waals surface area contributed by atoms with Crippen LogP contribution >= 0.6 is 11.3 Å². The number of thiophene rings is 1. The summed E-state index contributed by atoms with van der Waals surface area (Å²) >= 11 is 1.72. The molecule has 5 aromatic rings. The van der Waals surface area contributed by atoms with Crippen LogP contribution in [0.25, 0.3) is 26.8 Å². The lowest BCUT2D eigenvalue weighted by atomic mass is 10.1. The molecule has 0 aliphatic rings. The van der Waals surface area contributed by atoms with Crippen LogP contribution in [0, 0.1) is 0 Å². The molecule has 0 saturated heterocycles. The zero-order valence-electron chi connectivity index (χ0n) is 18.4. The lowest BCUT2D eigenvalue weighted by Crippen LogP contribution is -2.18. The van der Waals surface area contributed by atoms with Crippen molar-refractivity contribution < 1.29 is 8.42 Å². The van der Waals surface area contributed by atoms with E-state index in [1.807, 2.05) is 30.3 Å². The second-order valence-corrected chi connectivity index (χ2v) is 10.7. The van der Waals surface area contributed by atoms with Gasteiger partial charge in [0, 0.05) is 16.1 Å². The highest BCUT2D eigenvalue weighted by atomic mass is 32.2. The Morgan fingerprint density at radius 2 is 1.88 bits per heavy atom. The van der Waals surface area contributed by atoms with E-state index in [-0.39, 0.29) is 4.90 Å². The normalized spacial score (nSPS) is 11.8. The molecule has 0 saturated carbocycles. The monoisotopic (exact) mass is 489 g/mol. The highest BCUT2D eigenvalue weighted by Gasteiger charge is 2.16. The van der Waals surface area contributed by atoms with Crippen LogP contribution in [0.3, 0.4) is 0 Å². The lowest BCUT2D eigenvalue weighted by molar-refractivity contribution is 0.588. The Bertz CT molecular complexity index is 1630. The number of benzene rings is 3. The van der Waals surface area contributed by atoms with E-state index in [1.165, 1.54) is 22.7 Å². The Kier molecular flexibility index (Phi) is 5.60. The molecular formula is C25H23N5O2S2. The number of anilines is 2. The van der Waals surface area contributed by atoms with Gasteiger partial charge in [0.15, 0.2) is 0 Å². The van der Waals surface area contributed by atoms with Gasteiger partial charge < -0.3 is 15.6 Å². The summed E-state index contributed by atoms with van der Waals surface area (Å²) in [5.74, 6) is 0.647. The van der Waals surface area contributed by atoms with E-state index in [1.54, 1.807) is 35.6 Å².